The maximum absolute atomic E-state index is 12.3. The smallest absolute Gasteiger partial charge is 0.242 e. The van der Waals surface area contributed by atoms with Crippen LogP contribution in [0.3, 0.4) is 0 Å². The zero-order valence-corrected chi connectivity index (χ0v) is 9.72. The van der Waals surface area contributed by atoms with Crippen LogP contribution in [0.1, 0.15) is 45.4 Å². The minimum absolute atomic E-state index is 0.260. The van der Waals surface area contributed by atoms with Crippen molar-refractivity contribution in [1.29, 1.82) is 0 Å². The van der Waals surface area contributed by atoms with E-state index >= 15 is 0 Å². The van der Waals surface area contributed by atoms with Gasteiger partial charge >= 0.3 is 0 Å². The van der Waals surface area contributed by atoms with Crippen molar-refractivity contribution in [3.8, 4) is 0 Å². The monoisotopic (exact) mass is 210 g/mol. The van der Waals surface area contributed by atoms with Crippen molar-refractivity contribution in [1.82, 2.24) is 10.2 Å². The number of hydrogen-bond acceptors (Lipinski definition) is 2. The Kier molecular flexibility index (Phi) is 3.29. The summed E-state index contributed by atoms with van der Waals surface area (Å²) in [7, 11) is 0. The summed E-state index contributed by atoms with van der Waals surface area (Å²) in [6.45, 7) is 5.00. The molecule has 0 aliphatic carbocycles. The summed E-state index contributed by atoms with van der Waals surface area (Å²) in [5.74, 6) is 0.335. The number of rotatable bonds is 1. The Morgan fingerprint density at radius 2 is 1.80 bits per heavy atom. The second-order valence-electron chi connectivity index (χ2n) is 5.07. The largest absolute Gasteiger partial charge is 0.341 e. The topological polar surface area (TPSA) is 32.3 Å². The van der Waals surface area contributed by atoms with Crippen LogP contribution in [-0.4, -0.2) is 36.0 Å². The average Bonchev–Trinajstić information content (AvgIpc) is 2.54. The Morgan fingerprint density at radius 1 is 1.13 bits per heavy atom. The molecule has 0 aromatic rings. The molecule has 0 radical (unpaired) electrons. The number of likely N-dealkylation sites (tertiary alicyclic amines) is 1. The van der Waals surface area contributed by atoms with E-state index in [9.17, 15) is 4.79 Å². The minimum atomic E-state index is -0.260. The van der Waals surface area contributed by atoms with Crippen LogP contribution in [0.4, 0.5) is 0 Å². The predicted molar refractivity (Wildman–Crippen MR) is 60.7 cm³/mol. The first-order valence-electron chi connectivity index (χ1n) is 6.27. The normalized spacial score (nSPS) is 32.7. The van der Waals surface area contributed by atoms with Crippen molar-refractivity contribution >= 4 is 5.91 Å². The SMILES string of the molecule is CC1(C(=O)N2CCCCCC2)CCCN1. The summed E-state index contributed by atoms with van der Waals surface area (Å²) in [4.78, 5) is 14.4. The second-order valence-corrected chi connectivity index (χ2v) is 5.07. The molecule has 1 amide bonds. The standard InChI is InChI=1S/C12H22N2O/c1-12(7-6-8-13-12)11(15)14-9-4-2-3-5-10-14/h13H,2-10H2,1H3. The molecular formula is C12H22N2O. The van der Waals surface area contributed by atoms with Crippen molar-refractivity contribution in [3.05, 3.63) is 0 Å². The molecule has 1 N–H and O–H groups in total. The van der Waals surface area contributed by atoms with Gasteiger partial charge in [-0.3, -0.25) is 4.79 Å². The van der Waals surface area contributed by atoms with Crippen LogP contribution < -0.4 is 5.32 Å². The van der Waals surface area contributed by atoms with Crippen LogP contribution in [0, 0.1) is 0 Å². The third-order valence-electron chi connectivity index (χ3n) is 3.73. The molecule has 3 nitrogen and oxygen atoms in total. The van der Waals surface area contributed by atoms with E-state index in [1.54, 1.807) is 0 Å². The Labute approximate surface area is 92.2 Å². The molecule has 2 heterocycles. The van der Waals surface area contributed by atoms with Gasteiger partial charge in [-0.25, -0.2) is 0 Å². The number of nitrogens with zero attached hydrogens (tertiary/aromatic N) is 1. The van der Waals surface area contributed by atoms with Gasteiger partial charge in [-0.1, -0.05) is 12.8 Å². The lowest BCUT2D eigenvalue weighted by Gasteiger charge is -2.31. The summed E-state index contributed by atoms with van der Waals surface area (Å²) in [5.41, 5.74) is -0.260. The van der Waals surface area contributed by atoms with Gasteiger partial charge in [0.25, 0.3) is 0 Å². The molecule has 0 aromatic carbocycles. The van der Waals surface area contributed by atoms with Crippen LogP contribution in [0.25, 0.3) is 0 Å². The van der Waals surface area contributed by atoms with E-state index in [0.29, 0.717) is 5.91 Å². The number of amides is 1. The van der Waals surface area contributed by atoms with Crippen LogP contribution in [0.5, 0.6) is 0 Å². The zero-order chi connectivity index (χ0) is 10.7. The van der Waals surface area contributed by atoms with Crippen LogP contribution in [0.2, 0.25) is 0 Å². The third-order valence-corrected chi connectivity index (χ3v) is 3.73. The van der Waals surface area contributed by atoms with Gasteiger partial charge in [0.05, 0.1) is 5.54 Å². The molecule has 2 rings (SSSR count). The molecule has 2 aliphatic rings. The highest BCUT2D eigenvalue weighted by atomic mass is 16.2. The van der Waals surface area contributed by atoms with Gasteiger partial charge in [-0.15, -0.1) is 0 Å². The number of carbonyl (C=O) groups excluding carboxylic acids is 1. The fourth-order valence-corrected chi connectivity index (χ4v) is 2.70. The Morgan fingerprint density at radius 3 is 2.33 bits per heavy atom. The number of nitrogens with one attached hydrogen (secondary N) is 1. The molecule has 1 atom stereocenters. The maximum Gasteiger partial charge on any atom is 0.242 e. The molecule has 2 aliphatic heterocycles. The first-order chi connectivity index (χ1) is 7.22. The summed E-state index contributed by atoms with van der Waals surface area (Å²) in [6, 6.07) is 0. The van der Waals surface area contributed by atoms with Crippen LogP contribution in [-0.2, 0) is 4.79 Å². The molecule has 3 heteroatoms. The summed E-state index contributed by atoms with van der Waals surface area (Å²) < 4.78 is 0. The molecule has 1 unspecified atom stereocenters. The van der Waals surface area contributed by atoms with Gasteiger partial charge in [-0.05, 0) is 39.2 Å². The summed E-state index contributed by atoms with van der Waals surface area (Å²) >= 11 is 0. The van der Waals surface area contributed by atoms with E-state index in [4.69, 9.17) is 0 Å². The number of hydrogen-bond donors (Lipinski definition) is 1. The second kappa shape index (κ2) is 4.52. The van der Waals surface area contributed by atoms with E-state index in [1.165, 1.54) is 25.7 Å². The Hall–Kier alpha value is -0.570. The molecule has 0 aromatic heterocycles. The van der Waals surface area contributed by atoms with E-state index in [-0.39, 0.29) is 5.54 Å². The zero-order valence-electron chi connectivity index (χ0n) is 9.72. The first-order valence-corrected chi connectivity index (χ1v) is 6.27. The highest BCUT2D eigenvalue weighted by Crippen LogP contribution is 2.22. The fourth-order valence-electron chi connectivity index (χ4n) is 2.70. The fraction of sp³-hybridized carbons (Fsp3) is 0.917. The predicted octanol–water partition coefficient (Wildman–Crippen LogP) is 1.53. The lowest BCUT2D eigenvalue weighted by molar-refractivity contribution is -0.137. The quantitative estimate of drug-likeness (QED) is 0.712. The van der Waals surface area contributed by atoms with Crippen molar-refractivity contribution in [2.75, 3.05) is 19.6 Å². The lowest BCUT2D eigenvalue weighted by atomic mass is 9.98. The van der Waals surface area contributed by atoms with Crippen molar-refractivity contribution < 1.29 is 4.79 Å². The van der Waals surface area contributed by atoms with E-state index < -0.39 is 0 Å². The Balaban J connectivity index is 1.98. The first kappa shape index (κ1) is 10.9. The van der Waals surface area contributed by atoms with Gasteiger partial charge in [-0.2, -0.15) is 0 Å². The molecule has 0 bridgehead atoms. The van der Waals surface area contributed by atoms with Gasteiger partial charge in [0.2, 0.25) is 5.91 Å². The van der Waals surface area contributed by atoms with Crippen molar-refractivity contribution in [3.63, 3.8) is 0 Å². The molecule has 0 spiro atoms. The highest BCUT2D eigenvalue weighted by molar-refractivity contribution is 5.86. The van der Waals surface area contributed by atoms with Crippen molar-refractivity contribution in [2.45, 2.75) is 51.0 Å². The van der Waals surface area contributed by atoms with Gasteiger partial charge < -0.3 is 10.2 Å². The van der Waals surface area contributed by atoms with Crippen molar-refractivity contribution in [2.24, 2.45) is 0 Å². The maximum atomic E-state index is 12.3. The van der Waals surface area contributed by atoms with E-state index in [0.717, 1.165) is 32.5 Å². The number of carbonyl (C=O) groups is 1. The summed E-state index contributed by atoms with van der Waals surface area (Å²) in [6.07, 6.45) is 7.07. The molecule has 86 valence electrons. The van der Waals surface area contributed by atoms with E-state index in [1.807, 2.05) is 0 Å². The average molecular weight is 210 g/mol. The molecule has 0 saturated carbocycles. The van der Waals surface area contributed by atoms with Gasteiger partial charge in [0.1, 0.15) is 0 Å². The Bertz CT molecular complexity index is 226. The van der Waals surface area contributed by atoms with Crippen LogP contribution >= 0.6 is 0 Å². The van der Waals surface area contributed by atoms with Gasteiger partial charge in [0.15, 0.2) is 0 Å². The third kappa shape index (κ3) is 2.33. The molecule has 2 saturated heterocycles. The minimum Gasteiger partial charge on any atom is -0.341 e. The summed E-state index contributed by atoms with van der Waals surface area (Å²) in [5, 5.41) is 3.36. The van der Waals surface area contributed by atoms with Crippen LogP contribution in [0.15, 0.2) is 0 Å². The molecule has 2 fully saturated rings. The lowest BCUT2D eigenvalue weighted by Crippen LogP contribution is -2.53. The molecule has 15 heavy (non-hydrogen) atoms. The van der Waals surface area contributed by atoms with E-state index in [2.05, 4.69) is 17.1 Å². The highest BCUT2D eigenvalue weighted by Gasteiger charge is 2.38. The van der Waals surface area contributed by atoms with Gasteiger partial charge in [0, 0.05) is 13.1 Å². The molecular weight excluding hydrogens is 188 g/mol.